The van der Waals surface area contributed by atoms with Gasteiger partial charge in [0.05, 0.1) is 6.54 Å². The molecule has 1 heterocycles. The van der Waals surface area contributed by atoms with Gasteiger partial charge in [0.15, 0.2) is 5.96 Å². The van der Waals surface area contributed by atoms with E-state index in [-0.39, 0.29) is 29.4 Å². The third-order valence-corrected chi connectivity index (χ3v) is 4.52. The van der Waals surface area contributed by atoms with Crippen molar-refractivity contribution in [1.29, 1.82) is 0 Å². The maximum atomic E-state index is 6.06. The van der Waals surface area contributed by atoms with Gasteiger partial charge in [-0.1, -0.05) is 45.0 Å². The summed E-state index contributed by atoms with van der Waals surface area (Å²) < 4.78 is 0. The first kappa shape index (κ1) is 18.6. The van der Waals surface area contributed by atoms with Crippen LogP contribution < -0.4 is 5.73 Å². The van der Waals surface area contributed by atoms with E-state index >= 15 is 0 Å². The topological polar surface area (TPSA) is 41.6 Å². The monoisotopic (exact) mass is 419 g/mol. The van der Waals surface area contributed by atoms with Crippen LogP contribution in [0.2, 0.25) is 0 Å². The van der Waals surface area contributed by atoms with E-state index < -0.39 is 0 Å². The molecule has 0 saturated carbocycles. The van der Waals surface area contributed by atoms with Gasteiger partial charge < -0.3 is 10.6 Å². The summed E-state index contributed by atoms with van der Waals surface area (Å²) in [5.41, 5.74) is 8.83. The van der Waals surface area contributed by atoms with E-state index in [1.54, 1.807) is 0 Å². The van der Waals surface area contributed by atoms with Gasteiger partial charge in [0.1, 0.15) is 0 Å². The maximum absolute atomic E-state index is 6.06. The standard InChI is InChI=1S/C16H25N3S.HI/c1-16(2,3)14-6-4-13(5-7-14)12-18-15(17)19-8-10-20-11-9-19;/h4-7H,8-12H2,1-3H3,(H2,17,18);1H. The summed E-state index contributed by atoms with van der Waals surface area (Å²) in [7, 11) is 0. The van der Waals surface area contributed by atoms with Crippen molar-refractivity contribution < 1.29 is 0 Å². The van der Waals surface area contributed by atoms with Crippen molar-refractivity contribution in [2.24, 2.45) is 10.7 Å². The summed E-state index contributed by atoms with van der Waals surface area (Å²) in [6.45, 7) is 9.39. The summed E-state index contributed by atoms with van der Waals surface area (Å²) in [4.78, 5) is 6.70. The molecule has 1 saturated heterocycles. The van der Waals surface area contributed by atoms with Crippen molar-refractivity contribution in [2.75, 3.05) is 24.6 Å². The van der Waals surface area contributed by atoms with Gasteiger partial charge in [0, 0.05) is 24.6 Å². The molecular formula is C16H26IN3S. The fourth-order valence-electron chi connectivity index (χ4n) is 2.17. The number of nitrogens with zero attached hydrogens (tertiary/aromatic N) is 2. The van der Waals surface area contributed by atoms with Crippen molar-refractivity contribution in [3.8, 4) is 0 Å². The Labute approximate surface area is 149 Å². The molecule has 118 valence electrons. The van der Waals surface area contributed by atoms with Gasteiger partial charge >= 0.3 is 0 Å². The van der Waals surface area contributed by atoms with Crippen molar-refractivity contribution in [2.45, 2.75) is 32.7 Å². The zero-order valence-corrected chi connectivity index (χ0v) is 16.3. The summed E-state index contributed by atoms with van der Waals surface area (Å²) in [5, 5.41) is 0. The van der Waals surface area contributed by atoms with Crippen LogP contribution in [0.5, 0.6) is 0 Å². The van der Waals surface area contributed by atoms with Gasteiger partial charge in [0.25, 0.3) is 0 Å². The lowest BCUT2D eigenvalue weighted by molar-refractivity contribution is 0.455. The van der Waals surface area contributed by atoms with E-state index in [1.165, 1.54) is 11.1 Å². The van der Waals surface area contributed by atoms with Crippen molar-refractivity contribution >= 4 is 41.7 Å². The SMILES string of the molecule is CC(C)(C)c1ccc(CN=C(N)N2CCSCC2)cc1.I. The van der Waals surface area contributed by atoms with E-state index in [1.807, 2.05) is 11.8 Å². The second-order valence-electron chi connectivity index (χ2n) is 6.22. The van der Waals surface area contributed by atoms with Gasteiger partial charge in [-0.2, -0.15) is 11.8 Å². The normalized spacial score (nSPS) is 16.5. The van der Waals surface area contributed by atoms with Gasteiger partial charge in [-0.3, -0.25) is 0 Å². The number of halogens is 1. The highest BCUT2D eigenvalue weighted by atomic mass is 127. The lowest BCUT2D eigenvalue weighted by Crippen LogP contribution is -2.42. The van der Waals surface area contributed by atoms with Crippen LogP contribution in [0.15, 0.2) is 29.3 Å². The Balaban J connectivity index is 0.00000220. The molecule has 0 amide bonds. The number of thioether (sulfide) groups is 1. The molecular weight excluding hydrogens is 393 g/mol. The van der Waals surface area contributed by atoms with Crippen LogP contribution >= 0.6 is 35.7 Å². The molecule has 0 aromatic heterocycles. The average molecular weight is 419 g/mol. The first-order valence-corrected chi connectivity index (χ1v) is 8.34. The van der Waals surface area contributed by atoms with Crippen LogP contribution in [-0.2, 0) is 12.0 Å². The Bertz CT molecular complexity index is 459. The fraction of sp³-hybridized carbons (Fsp3) is 0.562. The fourth-order valence-corrected chi connectivity index (χ4v) is 3.08. The third-order valence-electron chi connectivity index (χ3n) is 3.58. The van der Waals surface area contributed by atoms with Crippen LogP contribution in [-0.4, -0.2) is 35.5 Å². The lowest BCUT2D eigenvalue weighted by Gasteiger charge is -2.27. The van der Waals surface area contributed by atoms with Gasteiger partial charge in [-0.15, -0.1) is 24.0 Å². The largest absolute Gasteiger partial charge is 0.370 e. The second-order valence-corrected chi connectivity index (χ2v) is 7.45. The number of hydrogen-bond donors (Lipinski definition) is 1. The van der Waals surface area contributed by atoms with E-state index in [2.05, 4.69) is 54.9 Å². The lowest BCUT2D eigenvalue weighted by atomic mass is 9.87. The molecule has 21 heavy (non-hydrogen) atoms. The number of guanidine groups is 1. The molecule has 1 aliphatic heterocycles. The number of rotatable bonds is 2. The second kappa shape index (κ2) is 8.27. The van der Waals surface area contributed by atoms with E-state index in [9.17, 15) is 0 Å². The zero-order valence-electron chi connectivity index (χ0n) is 13.1. The Morgan fingerprint density at radius 1 is 1.19 bits per heavy atom. The molecule has 0 radical (unpaired) electrons. The zero-order chi connectivity index (χ0) is 14.6. The predicted molar refractivity (Wildman–Crippen MR) is 105 cm³/mol. The molecule has 1 aliphatic rings. The van der Waals surface area contributed by atoms with E-state index in [0.717, 1.165) is 24.6 Å². The minimum atomic E-state index is 0. The van der Waals surface area contributed by atoms with Crippen molar-refractivity contribution in [3.05, 3.63) is 35.4 Å². The maximum Gasteiger partial charge on any atom is 0.191 e. The quantitative estimate of drug-likeness (QED) is 0.454. The van der Waals surface area contributed by atoms with Crippen LogP contribution in [0.4, 0.5) is 0 Å². The van der Waals surface area contributed by atoms with E-state index in [4.69, 9.17) is 5.73 Å². The number of aliphatic imine (C=N–C) groups is 1. The highest BCUT2D eigenvalue weighted by molar-refractivity contribution is 14.0. The molecule has 1 aromatic carbocycles. The van der Waals surface area contributed by atoms with Crippen LogP contribution in [0, 0.1) is 0 Å². The first-order valence-electron chi connectivity index (χ1n) is 7.19. The highest BCUT2D eigenvalue weighted by Crippen LogP contribution is 2.22. The Morgan fingerprint density at radius 2 is 1.76 bits per heavy atom. The molecule has 0 atom stereocenters. The predicted octanol–water partition coefficient (Wildman–Crippen LogP) is 3.47. The van der Waals surface area contributed by atoms with Gasteiger partial charge in [0.2, 0.25) is 0 Å². The first-order chi connectivity index (χ1) is 9.47. The molecule has 5 heteroatoms. The van der Waals surface area contributed by atoms with Gasteiger partial charge in [-0.05, 0) is 16.5 Å². The Kier molecular flexibility index (Phi) is 7.33. The summed E-state index contributed by atoms with van der Waals surface area (Å²) in [5.74, 6) is 2.98. The smallest absolute Gasteiger partial charge is 0.191 e. The molecule has 1 aromatic rings. The Morgan fingerprint density at radius 3 is 2.29 bits per heavy atom. The molecule has 2 N–H and O–H groups in total. The van der Waals surface area contributed by atoms with Crippen LogP contribution in [0.25, 0.3) is 0 Å². The molecule has 1 fully saturated rings. The van der Waals surface area contributed by atoms with Crippen LogP contribution in [0.3, 0.4) is 0 Å². The highest BCUT2D eigenvalue weighted by Gasteiger charge is 2.13. The Hall–Kier alpha value is -0.430. The summed E-state index contributed by atoms with van der Waals surface area (Å²) >= 11 is 1.98. The molecule has 0 unspecified atom stereocenters. The molecule has 2 rings (SSSR count). The third kappa shape index (κ3) is 5.70. The number of hydrogen-bond acceptors (Lipinski definition) is 2. The summed E-state index contributed by atoms with van der Waals surface area (Å²) in [6.07, 6.45) is 0. The average Bonchev–Trinajstić information content (AvgIpc) is 2.45. The number of nitrogens with two attached hydrogens (primary N) is 1. The van der Waals surface area contributed by atoms with E-state index in [0.29, 0.717) is 12.5 Å². The molecule has 0 spiro atoms. The van der Waals surface area contributed by atoms with Gasteiger partial charge in [-0.25, -0.2) is 4.99 Å². The minimum Gasteiger partial charge on any atom is -0.370 e. The number of benzene rings is 1. The molecule has 0 aliphatic carbocycles. The van der Waals surface area contributed by atoms with Crippen LogP contribution in [0.1, 0.15) is 31.9 Å². The molecule has 0 bridgehead atoms. The summed E-state index contributed by atoms with van der Waals surface area (Å²) in [6, 6.07) is 8.70. The van der Waals surface area contributed by atoms with Crippen molar-refractivity contribution in [3.63, 3.8) is 0 Å². The minimum absolute atomic E-state index is 0. The molecule has 3 nitrogen and oxygen atoms in total. The van der Waals surface area contributed by atoms with Crippen molar-refractivity contribution in [1.82, 2.24) is 4.90 Å².